The summed E-state index contributed by atoms with van der Waals surface area (Å²) in [6, 6.07) is 6.07. The summed E-state index contributed by atoms with van der Waals surface area (Å²) in [6.07, 6.45) is -7.09. The Hall–Kier alpha value is -2.09. The smallest absolute Gasteiger partial charge is 0.471 e. The van der Waals surface area contributed by atoms with Crippen molar-refractivity contribution in [2.75, 3.05) is 0 Å². The lowest BCUT2D eigenvalue weighted by atomic mass is 10.0. The summed E-state index contributed by atoms with van der Waals surface area (Å²) < 4.78 is 36.2. The Labute approximate surface area is 112 Å². The number of carbonyl (C=O) groups is 2. The van der Waals surface area contributed by atoms with Gasteiger partial charge in [0, 0.05) is 6.42 Å². The molecule has 0 saturated heterocycles. The molecule has 3 N–H and O–H groups in total. The molecule has 1 aromatic rings. The van der Waals surface area contributed by atoms with Crippen molar-refractivity contribution in [3.8, 4) is 0 Å². The Kier molecular flexibility index (Phi) is 5.09. The van der Waals surface area contributed by atoms with Crippen LogP contribution in [-0.4, -0.2) is 40.4 Å². The second-order valence-corrected chi connectivity index (χ2v) is 4.04. The van der Waals surface area contributed by atoms with Crippen LogP contribution >= 0.6 is 0 Å². The van der Waals surface area contributed by atoms with Gasteiger partial charge in [0.05, 0.1) is 6.10 Å². The maximum Gasteiger partial charge on any atom is 0.471 e. The van der Waals surface area contributed by atoms with E-state index >= 15 is 0 Å². The third-order valence-corrected chi connectivity index (χ3v) is 2.48. The summed E-state index contributed by atoms with van der Waals surface area (Å²) in [5.74, 6) is -4.15. The Morgan fingerprint density at radius 2 is 1.75 bits per heavy atom. The zero-order valence-corrected chi connectivity index (χ0v) is 10.1. The van der Waals surface area contributed by atoms with Crippen LogP contribution in [0.4, 0.5) is 13.2 Å². The molecule has 20 heavy (non-hydrogen) atoms. The highest BCUT2D eigenvalue weighted by atomic mass is 19.4. The number of aliphatic hydroxyl groups excluding tert-OH is 1. The van der Waals surface area contributed by atoms with E-state index in [0.717, 1.165) is 0 Å². The molecule has 0 aromatic heterocycles. The third-order valence-electron chi connectivity index (χ3n) is 2.48. The van der Waals surface area contributed by atoms with Gasteiger partial charge in [0.15, 0.2) is 6.04 Å². The van der Waals surface area contributed by atoms with Crippen LogP contribution in [0, 0.1) is 0 Å². The molecule has 110 valence electrons. The topological polar surface area (TPSA) is 86.6 Å². The predicted molar refractivity (Wildman–Crippen MR) is 61.8 cm³/mol. The highest BCUT2D eigenvalue weighted by molar-refractivity contribution is 5.87. The van der Waals surface area contributed by atoms with Gasteiger partial charge in [-0.3, -0.25) is 4.79 Å². The van der Waals surface area contributed by atoms with Gasteiger partial charge < -0.3 is 15.5 Å². The van der Waals surface area contributed by atoms with Crippen LogP contribution in [0.1, 0.15) is 5.56 Å². The number of carbonyl (C=O) groups excluding carboxylic acids is 1. The molecule has 1 amide bonds. The summed E-state index contributed by atoms with van der Waals surface area (Å²) in [5.41, 5.74) is 0.535. The summed E-state index contributed by atoms with van der Waals surface area (Å²) in [4.78, 5) is 21.6. The molecule has 0 aliphatic rings. The maximum absolute atomic E-state index is 12.1. The zero-order valence-electron chi connectivity index (χ0n) is 10.1. The fraction of sp³-hybridized carbons (Fsp3) is 0.333. The van der Waals surface area contributed by atoms with Crippen LogP contribution in [0.25, 0.3) is 0 Å². The lowest BCUT2D eigenvalue weighted by Gasteiger charge is -2.21. The first kappa shape index (κ1) is 16.0. The molecule has 0 aliphatic carbocycles. The summed E-state index contributed by atoms with van der Waals surface area (Å²) in [7, 11) is 0. The van der Waals surface area contributed by atoms with Crippen LogP contribution in [0.3, 0.4) is 0 Å². The van der Waals surface area contributed by atoms with Crippen molar-refractivity contribution in [2.45, 2.75) is 24.7 Å². The van der Waals surface area contributed by atoms with Crippen molar-refractivity contribution in [2.24, 2.45) is 0 Å². The molecule has 0 radical (unpaired) electrons. The van der Waals surface area contributed by atoms with E-state index in [0.29, 0.717) is 5.56 Å². The van der Waals surface area contributed by atoms with Gasteiger partial charge in [0.25, 0.3) is 0 Å². The van der Waals surface area contributed by atoms with E-state index < -0.39 is 30.2 Å². The molecule has 8 heteroatoms. The minimum absolute atomic E-state index is 0.198. The number of alkyl halides is 3. The Morgan fingerprint density at radius 1 is 1.20 bits per heavy atom. The fourth-order valence-corrected chi connectivity index (χ4v) is 1.52. The number of hydrogen-bond acceptors (Lipinski definition) is 3. The van der Waals surface area contributed by atoms with E-state index in [-0.39, 0.29) is 6.42 Å². The number of carboxylic acid groups (broad SMARTS) is 1. The minimum Gasteiger partial charge on any atom is -0.480 e. The van der Waals surface area contributed by atoms with E-state index in [1.807, 2.05) is 0 Å². The highest BCUT2D eigenvalue weighted by Gasteiger charge is 2.42. The Balaban J connectivity index is 2.76. The van der Waals surface area contributed by atoms with Crippen LogP contribution in [0.5, 0.6) is 0 Å². The van der Waals surface area contributed by atoms with Gasteiger partial charge in [-0.1, -0.05) is 30.3 Å². The quantitative estimate of drug-likeness (QED) is 0.746. The van der Waals surface area contributed by atoms with Gasteiger partial charge in [-0.2, -0.15) is 13.2 Å². The van der Waals surface area contributed by atoms with E-state index in [9.17, 15) is 27.9 Å². The molecule has 2 atom stereocenters. The number of halogens is 3. The van der Waals surface area contributed by atoms with Crippen molar-refractivity contribution in [3.05, 3.63) is 35.9 Å². The van der Waals surface area contributed by atoms with Crippen LogP contribution in [0.15, 0.2) is 30.3 Å². The lowest BCUT2D eigenvalue weighted by molar-refractivity contribution is -0.176. The molecule has 1 rings (SSSR count). The number of benzene rings is 1. The predicted octanol–water partition coefficient (Wildman–Crippen LogP) is 0.722. The van der Waals surface area contributed by atoms with Crippen molar-refractivity contribution >= 4 is 11.9 Å². The number of rotatable bonds is 5. The third kappa shape index (κ3) is 4.54. The van der Waals surface area contributed by atoms with E-state index in [1.165, 1.54) is 5.32 Å². The van der Waals surface area contributed by atoms with Gasteiger partial charge in [0.1, 0.15) is 0 Å². The molecule has 0 aliphatic heterocycles. The minimum atomic E-state index is -5.21. The molecule has 0 saturated carbocycles. The van der Waals surface area contributed by atoms with Crippen molar-refractivity contribution in [3.63, 3.8) is 0 Å². The van der Waals surface area contributed by atoms with Crippen molar-refractivity contribution in [1.29, 1.82) is 0 Å². The molecular formula is C12H12F3NO4. The summed E-state index contributed by atoms with van der Waals surface area (Å²) in [5, 5.41) is 19.7. The van der Waals surface area contributed by atoms with Crippen LogP contribution in [0.2, 0.25) is 0 Å². The SMILES string of the molecule is O=C(O)C(NC(=O)C(F)(F)F)C(O)Cc1ccccc1. The number of hydrogen-bond donors (Lipinski definition) is 3. The zero-order chi connectivity index (χ0) is 15.3. The van der Waals surface area contributed by atoms with Gasteiger partial charge in [-0.05, 0) is 5.56 Å². The molecule has 2 unspecified atom stereocenters. The van der Waals surface area contributed by atoms with E-state index in [4.69, 9.17) is 5.11 Å². The van der Waals surface area contributed by atoms with E-state index in [2.05, 4.69) is 0 Å². The molecule has 0 fully saturated rings. The number of aliphatic carboxylic acids is 1. The van der Waals surface area contributed by atoms with Crippen LogP contribution < -0.4 is 5.32 Å². The normalized spacial score (nSPS) is 14.4. The van der Waals surface area contributed by atoms with Gasteiger partial charge in [0.2, 0.25) is 0 Å². The van der Waals surface area contributed by atoms with Crippen molar-refractivity contribution in [1.82, 2.24) is 5.32 Å². The second kappa shape index (κ2) is 6.38. The first-order valence-corrected chi connectivity index (χ1v) is 5.54. The molecular weight excluding hydrogens is 279 g/mol. The van der Waals surface area contributed by atoms with Gasteiger partial charge in [-0.25, -0.2) is 4.79 Å². The first-order chi connectivity index (χ1) is 9.21. The van der Waals surface area contributed by atoms with Gasteiger partial charge in [-0.15, -0.1) is 0 Å². The molecule has 1 aromatic carbocycles. The summed E-state index contributed by atoms with van der Waals surface area (Å²) >= 11 is 0. The Bertz CT molecular complexity index is 475. The number of aliphatic hydroxyl groups is 1. The standard InChI is InChI=1S/C12H12F3NO4/c13-12(14,15)11(20)16-9(10(18)19)8(17)6-7-4-2-1-3-5-7/h1-5,8-9,17H,6H2,(H,16,20)(H,18,19). The molecule has 0 heterocycles. The summed E-state index contributed by atoms with van der Waals surface area (Å²) in [6.45, 7) is 0. The number of carboxylic acids is 1. The average Bonchev–Trinajstić information content (AvgIpc) is 2.35. The molecule has 0 bridgehead atoms. The second-order valence-electron chi connectivity index (χ2n) is 4.04. The number of amides is 1. The number of nitrogens with one attached hydrogen (secondary N) is 1. The lowest BCUT2D eigenvalue weighted by Crippen LogP contribution is -2.53. The fourth-order valence-electron chi connectivity index (χ4n) is 1.52. The van der Waals surface area contributed by atoms with Crippen molar-refractivity contribution < 1.29 is 33.0 Å². The highest BCUT2D eigenvalue weighted by Crippen LogP contribution is 2.15. The van der Waals surface area contributed by atoms with E-state index in [1.54, 1.807) is 30.3 Å². The molecule has 0 spiro atoms. The first-order valence-electron chi connectivity index (χ1n) is 5.54. The molecule has 5 nitrogen and oxygen atoms in total. The largest absolute Gasteiger partial charge is 0.480 e. The monoisotopic (exact) mass is 291 g/mol. The average molecular weight is 291 g/mol. The van der Waals surface area contributed by atoms with Crippen LogP contribution in [-0.2, 0) is 16.0 Å². The maximum atomic E-state index is 12.1. The Morgan fingerprint density at radius 3 is 2.20 bits per heavy atom. The van der Waals surface area contributed by atoms with Gasteiger partial charge >= 0.3 is 18.1 Å².